The van der Waals surface area contributed by atoms with Gasteiger partial charge in [0, 0.05) is 30.7 Å². The number of carbonyl (C=O) groups is 2. The molecule has 7 heteroatoms. The molecule has 2 N–H and O–H groups in total. The number of methoxy groups -OCH3 is 1. The Hall–Kier alpha value is -1.73. The number of carbonyl (C=O) groups excluding carboxylic acids is 2. The average molecular weight is 365 g/mol. The Kier molecular flexibility index (Phi) is 8.08. The summed E-state index contributed by atoms with van der Waals surface area (Å²) in [6.45, 7) is 5.13. The van der Waals surface area contributed by atoms with E-state index < -0.39 is 6.04 Å². The Bertz CT molecular complexity index is 559. The minimum Gasteiger partial charge on any atom is -0.497 e. The summed E-state index contributed by atoms with van der Waals surface area (Å²) in [7, 11) is 1.63. The van der Waals surface area contributed by atoms with Crippen LogP contribution in [-0.2, 0) is 9.59 Å². The monoisotopic (exact) mass is 365 g/mol. The number of likely N-dealkylation sites (tertiary alicyclic amines) is 1. The van der Waals surface area contributed by atoms with Crippen LogP contribution >= 0.6 is 11.8 Å². The fourth-order valence-corrected chi connectivity index (χ4v) is 3.67. The molecular formula is C18H27N3O3S. The predicted octanol–water partition coefficient (Wildman–Crippen LogP) is 1.50. The number of benzene rings is 1. The number of thioether (sulfide) groups is 1. The molecule has 6 nitrogen and oxygen atoms in total. The highest BCUT2D eigenvalue weighted by Crippen LogP contribution is 2.22. The molecule has 1 fully saturated rings. The first-order chi connectivity index (χ1) is 12.1. The van der Waals surface area contributed by atoms with Crippen molar-refractivity contribution in [2.45, 2.75) is 30.7 Å². The lowest BCUT2D eigenvalue weighted by atomic mass is 10.3. The maximum absolute atomic E-state index is 12.4. The fraction of sp³-hybridized carbons (Fsp3) is 0.556. The summed E-state index contributed by atoms with van der Waals surface area (Å²) in [6, 6.07) is 7.11. The van der Waals surface area contributed by atoms with Crippen molar-refractivity contribution in [3.8, 4) is 5.75 Å². The molecule has 1 heterocycles. The summed E-state index contributed by atoms with van der Waals surface area (Å²) < 4.78 is 5.14. The van der Waals surface area contributed by atoms with Gasteiger partial charge >= 0.3 is 0 Å². The Morgan fingerprint density at radius 1 is 1.24 bits per heavy atom. The van der Waals surface area contributed by atoms with Gasteiger partial charge in [0.2, 0.25) is 11.8 Å². The van der Waals surface area contributed by atoms with Crippen molar-refractivity contribution in [3.63, 3.8) is 0 Å². The normalized spacial score (nSPS) is 15.6. The quantitative estimate of drug-likeness (QED) is 0.649. The number of amides is 2. The third kappa shape index (κ3) is 6.96. The van der Waals surface area contributed by atoms with Crippen molar-refractivity contribution in [2.24, 2.45) is 0 Å². The van der Waals surface area contributed by atoms with E-state index >= 15 is 0 Å². The molecule has 2 amide bonds. The minimum absolute atomic E-state index is 0.129. The Labute approximate surface area is 153 Å². The Morgan fingerprint density at radius 3 is 2.52 bits per heavy atom. The molecule has 1 aromatic rings. The van der Waals surface area contributed by atoms with Gasteiger partial charge in [0.1, 0.15) is 11.8 Å². The highest BCUT2D eigenvalue weighted by molar-refractivity contribution is 7.99. The molecule has 25 heavy (non-hydrogen) atoms. The lowest BCUT2D eigenvalue weighted by Crippen LogP contribution is -2.49. The van der Waals surface area contributed by atoms with Gasteiger partial charge in [-0.05, 0) is 50.2 Å². The molecule has 0 saturated carbocycles. The van der Waals surface area contributed by atoms with Crippen LogP contribution in [0.25, 0.3) is 0 Å². The van der Waals surface area contributed by atoms with Crippen LogP contribution in [0.1, 0.15) is 19.8 Å². The summed E-state index contributed by atoms with van der Waals surface area (Å²) in [6.07, 6.45) is 2.47. The molecule has 1 saturated heterocycles. The molecule has 1 atom stereocenters. The summed E-state index contributed by atoms with van der Waals surface area (Å²) >= 11 is 1.54. The fourth-order valence-electron chi connectivity index (χ4n) is 2.75. The van der Waals surface area contributed by atoms with E-state index in [1.807, 2.05) is 24.3 Å². The minimum atomic E-state index is -0.539. The van der Waals surface area contributed by atoms with Crippen LogP contribution in [0.15, 0.2) is 29.2 Å². The molecule has 1 aliphatic rings. The van der Waals surface area contributed by atoms with Gasteiger partial charge in [-0.15, -0.1) is 11.8 Å². The van der Waals surface area contributed by atoms with Gasteiger partial charge in [-0.2, -0.15) is 0 Å². The first-order valence-corrected chi connectivity index (χ1v) is 9.61. The van der Waals surface area contributed by atoms with Gasteiger partial charge in [0.05, 0.1) is 7.11 Å². The first-order valence-electron chi connectivity index (χ1n) is 8.62. The van der Waals surface area contributed by atoms with Crippen molar-refractivity contribution in [1.82, 2.24) is 15.5 Å². The maximum Gasteiger partial charge on any atom is 0.243 e. The summed E-state index contributed by atoms with van der Waals surface area (Å²) in [5.41, 5.74) is 0. The SMILES string of the molecule is COc1ccc(SCC(NC(C)=O)C(=O)NCCN2CCCC2)cc1. The van der Waals surface area contributed by atoms with Gasteiger partial charge in [-0.3, -0.25) is 9.59 Å². The number of ether oxygens (including phenoxy) is 1. The smallest absolute Gasteiger partial charge is 0.243 e. The molecule has 0 spiro atoms. The number of hydrogen-bond donors (Lipinski definition) is 2. The zero-order chi connectivity index (χ0) is 18.1. The summed E-state index contributed by atoms with van der Waals surface area (Å²) in [4.78, 5) is 27.2. The van der Waals surface area contributed by atoms with Gasteiger partial charge < -0.3 is 20.3 Å². The van der Waals surface area contributed by atoms with Crippen LogP contribution in [0.3, 0.4) is 0 Å². The number of nitrogens with one attached hydrogen (secondary N) is 2. The maximum atomic E-state index is 12.4. The standard InChI is InChI=1S/C18H27N3O3S/c1-14(22)20-17(13-25-16-7-5-15(24-2)6-8-16)18(23)19-9-12-21-10-3-4-11-21/h5-8,17H,3-4,9-13H2,1-2H3,(H,19,23)(H,20,22). The van der Waals surface area contributed by atoms with E-state index in [0.29, 0.717) is 12.3 Å². The second-order valence-corrected chi connectivity index (χ2v) is 7.17. The van der Waals surface area contributed by atoms with Crippen LogP contribution in [0.2, 0.25) is 0 Å². The Morgan fingerprint density at radius 2 is 1.92 bits per heavy atom. The number of hydrogen-bond acceptors (Lipinski definition) is 5. The molecule has 1 aliphatic heterocycles. The highest BCUT2D eigenvalue weighted by Gasteiger charge is 2.20. The van der Waals surface area contributed by atoms with E-state index in [0.717, 1.165) is 30.3 Å². The summed E-state index contributed by atoms with van der Waals surface area (Å²) in [5.74, 6) is 0.953. The molecule has 1 unspecified atom stereocenters. The molecule has 2 rings (SSSR count). The second kappa shape index (κ2) is 10.3. The van der Waals surface area contributed by atoms with E-state index in [4.69, 9.17) is 4.74 Å². The lowest BCUT2D eigenvalue weighted by Gasteiger charge is -2.19. The molecule has 138 valence electrons. The third-order valence-electron chi connectivity index (χ3n) is 4.10. The molecular weight excluding hydrogens is 338 g/mol. The van der Waals surface area contributed by atoms with E-state index in [9.17, 15) is 9.59 Å². The van der Waals surface area contributed by atoms with Crippen LogP contribution in [0, 0.1) is 0 Å². The predicted molar refractivity (Wildman–Crippen MR) is 100 cm³/mol. The highest BCUT2D eigenvalue weighted by atomic mass is 32.2. The number of nitrogens with zero attached hydrogens (tertiary/aromatic N) is 1. The van der Waals surface area contributed by atoms with Crippen molar-refractivity contribution in [3.05, 3.63) is 24.3 Å². The summed E-state index contributed by atoms with van der Waals surface area (Å²) in [5, 5.41) is 5.68. The van der Waals surface area contributed by atoms with E-state index in [-0.39, 0.29) is 11.8 Å². The van der Waals surface area contributed by atoms with Crippen LogP contribution in [0.5, 0.6) is 5.75 Å². The van der Waals surface area contributed by atoms with Gasteiger partial charge in [-0.1, -0.05) is 0 Å². The van der Waals surface area contributed by atoms with E-state index in [2.05, 4.69) is 15.5 Å². The Balaban J connectivity index is 1.81. The van der Waals surface area contributed by atoms with E-state index in [1.165, 1.54) is 31.5 Å². The van der Waals surface area contributed by atoms with Crippen molar-refractivity contribution in [1.29, 1.82) is 0 Å². The van der Waals surface area contributed by atoms with Crippen LogP contribution < -0.4 is 15.4 Å². The van der Waals surface area contributed by atoms with Crippen LogP contribution in [0.4, 0.5) is 0 Å². The van der Waals surface area contributed by atoms with Gasteiger partial charge in [0.25, 0.3) is 0 Å². The zero-order valence-corrected chi connectivity index (χ0v) is 15.7. The van der Waals surface area contributed by atoms with E-state index in [1.54, 1.807) is 7.11 Å². The molecule has 0 aromatic heterocycles. The van der Waals surface area contributed by atoms with Crippen LogP contribution in [-0.4, -0.2) is 61.8 Å². The van der Waals surface area contributed by atoms with Gasteiger partial charge in [0.15, 0.2) is 0 Å². The zero-order valence-electron chi connectivity index (χ0n) is 14.9. The second-order valence-electron chi connectivity index (χ2n) is 6.08. The third-order valence-corrected chi connectivity index (χ3v) is 5.20. The first kappa shape index (κ1) is 19.6. The van der Waals surface area contributed by atoms with Crippen molar-refractivity contribution >= 4 is 23.6 Å². The molecule has 0 radical (unpaired) electrons. The van der Waals surface area contributed by atoms with Crippen molar-refractivity contribution < 1.29 is 14.3 Å². The topological polar surface area (TPSA) is 70.7 Å². The molecule has 1 aromatic carbocycles. The lowest BCUT2D eigenvalue weighted by molar-refractivity contribution is -0.127. The average Bonchev–Trinajstić information content (AvgIpc) is 3.12. The molecule has 0 aliphatic carbocycles. The van der Waals surface area contributed by atoms with Gasteiger partial charge in [-0.25, -0.2) is 0 Å². The largest absolute Gasteiger partial charge is 0.497 e. The number of rotatable bonds is 9. The molecule has 0 bridgehead atoms. The van der Waals surface area contributed by atoms with Crippen molar-refractivity contribution in [2.75, 3.05) is 39.0 Å².